The van der Waals surface area contributed by atoms with E-state index in [0.29, 0.717) is 30.8 Å². The number of anilines is 1. The summed E-state index contributed by atoms with van der Waals surface area (Å²) in [5.41, 5.74) is 2.91. The minimum absolute atomic E-state index is 0.154. The summed E-state index contributed by atoms with van der Waals surface area (Å²) in [6.45, 7) is 4.45. The van der Waals surface area contributed by atoms with Crippen LogP contribution in [0.5, 0.6) is 5.75 Å². The summed E-state index contributed by atoms with van der Waals surface area (Å²) in [4.78, 5) is 27.5. The van der Waals surface area contributed by atoms with Crippen molar-refractivity contribution in [3.63, 3.8) is 0 Å². The maximum absolute atomic E-state index is 13.2. The standard InChI is InChI=1S/C22H22N2O4/c1-3-10-28-17-12-20-21(25)23-19-9-6-15(11-18(19)22(26)24(20)13-17)14-4-7-16(27-2)8-5-14/h3-9,11,17,20H,1,10,12-13H2,2H3,(H,23,25). The van der Waals surface area contributed by atoms with E-state index in [1.807, 2.05) is 36.4 Å². The Morgan fingerprint density at radius 1 is 1.18 bits per heavy atom. The van der Waals surface area contributed by atoms with Gasteiger partial charge in [-0.1, -0.05) is 24.3 Å². The van der Waals surface area contributed by atoms with Crippen molar-refractivity contribution in [1.82, 2.24) is 4.90 Å². The Bertz CT molecular complexity index is 923. The van der Waals surface area contributed by atoms with Crippen LogP contribution in [0.3, 0.4) is 0 Å². The summed E-state index contributed by atoms with van der Waals surface area (Å²) < 4.78 is 10.9. The molecule has 144 valence electrons. The molecule has 2 aromatic rings. The lowest BCUT2D eigenvalue weighted by atomic mass is 10.0. The fourth-order valence-corrected chi connectivity index (χ4v) is 3.76. The van der Waals surface area contributed by atoms with Crippen molar-refractivity contribution in [2.24, 2.45) is 0 Å². The van der Waals surface area contributed by atoms with Crippen molar-refractivity contribution in [3.8, 4) is 16.9 Å². The van der Waals surface area contributed by atoms with E-state index in [1.165, 1.54) is 0 Å². The van der Waals surface area contributed by atoms with Crippen molar-refractivity contribution < 1.29 is 19.1 Å². The molecule has 6 nitrogen and oxygen atoms in total. The van der Waals surface area contributed by atoms with Gasteiger partial charge < -0.3 is 19.7 Å². The van der Waals surface area contributed by atoms with E-state index in [0.717, 1.165) is 16.9 Å². The topological polar surface area (TPSA) is 67.9 Å². The minimum Gasteiger partial charge on any atom is -0.497 e. The third-order valence-electron chi connectivity index (χ3n) is 5.21. The van der Waals surface area contributed by atoms with Crippen LogP contribution in [0.1, 0.15) is 16.8 Å². The number of hydrogen-bond acceptors (Lipinski definition) is 4. The van der Waals surface area contributed by atoms with E-state index in [9.17, 15) is 9.59 Å². The number of ether oxygens (including phenoxy) is 2. The molecule has 0 spiro atoms. The van der Waals surface area contributed by atoms with Gasteiger partial charge in [-0.3, -0.25) is 9.59 Å². The molecule has 1 N–H and O–H groups in total. The minimum atomic E-state index is -0.515. The fraction of sp³-hybridized carbons (Fsp3) is 0.273. The average Bonchev–Trinajstić information content (AvgIpc) is 3.13. The van der Waals surface area contributed by atoms with E-state index >= 15 is 0 Å². The molecule has 2 aliphatic rings. The maximum atomic E-state index is 13.2. The molecule has 1 saturated heterocycles. The van der Waals surface area contributed by atoms with Crippen molar-refractivity contribution >= 4 is 17.5 Å². The quantitative estimate of drug-likeness (QED) is 0.812. The number of amides is 2. The summed E-state index contributed by atoms with van der Waals surface area (Å²) in [6, 6.07) is 12.7. The Labute approximate surface area is 163 Å². The lowest BCUT2D eigenvalue weighted by molar-refractivity contribution is -0.119. The number of carbonyl (C=O) groups excluding carboxylic acids is 2. The smallest absolute Gasteiger partial charge is 0.256 e. The zero-order valence-corrected chi connectivity index (χ0v) is 15.7. The van der Waals surface area contributed by atoms with Gasteiger partial charge in [0.1, 0.15) is 11.8 Å². The van der Waals surface area contributed by atoms with Gasteiger partial charge in [-0.05, 0) is 35.4 Å². The van der Waals surface area contributed by atoms with Gasteiger partial charge in [0.2, 0.25) is 5.91 Å². The number of benzene rings is 2. The molecule has 1 fully saturated rings. The van der Waals surface area contributed by atoms with Crippen LogP contribution in [0, 0.1) is 0 Å². The van der Waals surface area contributed by atoms with Crippen LogP contribution in [0.2, 0.25) is 0 Å². The Kier molecular flexibility index (Phi) is 4.88. The first-order chi connectivity index (χ1) is 13.6. The molecule has 0 aromatic heterocycles. The molecule has 0 aliphatic carbocycles. The average molecular weight is 378 g/mol. The number of hydrogen-bond donors (Lipinski definition) is 1. The number of methoxy groups -OCH3 is 1. The molecule has 2 amide bonds. The molecular weight excluding hydrogens is 356 g/mol. The van der Waals surface area contributed by atoms with Crippen LogP contribution in [-0.2, 0) is 9.53 Å². The van der Waals surface area contributed by atoms with Crippen LogP contribution in [0.15, 0.2) is 55.1 Å². The zero-order valence-electron chi connectivity index (χ0n) is 15.7. The number of carbonyl (C=O) groups is 2. The number of fused-ring (bicyclic) bond motifs is 2. The highest BCUT2D eigenvalue weighted by atomic mass is 16.5. The van der Waals surface area contributed by atoms with Crippen molar-refractivity contribution in [2.45, 2.75) is 18.6 Å². The molecule has 2 atom stereocenters. The predicted molar refractivity (Wildman–Crippen MR) is 106 cm³/mol. The zero-order chi connectivity index (χ0) is 19.7. The van der Waals surface area contributed by atoms with Crippen LogP contribution in [-0.4, -0.2) is 49.1 Å². The Balaban J connectivity index is 1.65. The van der Waals surface area contributed by atoms with Crippen LogP contribution < -0.4 is 10.1 Å². The second-order valence-corrected chi connectivity index (χ2v) is 6.93. The third-order valence-corrected chi connectivity index (χ3v) is 5.21. The highest BCUT2D eigenvalue weighted by Gasteiger charge is 2.43. The van der Waals surface area contributed by atoms with E-state index in [2.05, 4.69) is 11.9 Å². The molecule has 2 aliphatic heterocycles. The lowest BCUT2D eigenvalue weighted by Gasteiger charge is -2.20. The van der Waals surface area contributed by atoms with E-state index in [1.54, 1.807) is 24.2 Å². The van der Waals surface area contributed by atoms with Gasteiger partial charge in [-0.2, -0.15) is 0 Å². The highest BCUT2D eigenvalue weighted by Crippen LogP contribution is 2.33. The molecule has 2 heterocycles. The van der Waals surface area contributed by atoms with Crippen LogP contribution in [0.4, 0.5) is 5.69 Å². The molecule has 0 saturated carbocycles. The molecule has 0 bridgehead atoms. The first kappa shape index (κ1) is 18.3. The van der Waals surface area contributed by atoms with Gasteiger partial charge in [0.15, 0.2) is 0 Å². The molecule has 6 heteroatoms. The molecule has 0 radical (unpaired) electrons. The molecule has 2 unspecified atom stereocenters. The van der Waals surface area contributed by atoms with Gasteiger partial charge in [-0.15, -0.1) is 6.58 Å². The number of nitrogens with zero attached hydrogens (tertiary/aromatic N) is 1. The Morgan fingerprint density at radius 2 is 1.93 bits per heavy atom. The second-order valence-electron chi connectivity index (χ2n) is 6.93. The van der Waals surface area contributed by atoms with Crippen LogP contribution >= 0.6 is 0 Å². The first-order valence-electron chi connectivity index (χ1n) is 9.23. The Hall–Kier alpha value is -3.12. The van der Waals surface area contributed by atoms with Crippen molar-refractivity contribution in [2.75, 3.05) is 25.6 Å². The van der Waals surface area contributed by atoms with E-state index in [4.69, 9.17) is 9.47 Å². The third kappa shape index (κ3) is 3.27. The van der Waals surface area contributed by atoms with Gasteiger partial charge >= 0.3 is 0 Å². The second kappa shape index (κ2) is 7.48. The number of nitrogens with one attached hydrogen (secondary N) is 1. The number of rotatable bonds is 5. The van der Waals surface area contributed by atoms with Gasteiger partial charge in [-0.25, -0.2) is 0 Å². The van der Waals surface area contributed by atoms with Crippen molar-refractivity contribution in [1.29, 1.82) is 0 Å². The predicted octanol–water partition coefficient (Wildman–Crippen LogP) is 3.10. The fourth-order valence-electron chi connectivity index (χ4n) is 3.76. The first-order valence-corrected chi connectivity index (χ1v) is 9.23. The molecule has 2 aromatic carbocycles. The summed E-state index contributed by atoms with van der Waals surface area (Å²) >= 11 is 0. The summed E-state index contributed by atoms with van der Waals surface area (Å²) in [5, 5.41) is 2.90. The summed E-state index contributed by atoms with van der Waals surface area (Å²) in [7, 11) is 1.62. The van der Waals surface area contributed by atoms with E-state index in [-0.39, 0.29) is 17.9 Å². The van der Waals surface area contributed by atoms with Crippen molar-refractivity contribution in [3.05, 3.63) is 60.7 Å². The molecule has 28 heavy (non-hydrogen) atoms. The maximum Gasteiger partial charge on any atom is 0.256 e. The van der Waals surface area contributed by atoms with Gasteiger partial charge in [0.05, 0.1) is 31.1 Å². The lowest BCUT2D eigenvalue weighted by Crippen LogP contribution is -2.40. The molecular formula is C22H22N2O4. The summed E-state index contributed by atoms with van der Waals surface area (Å²) in [5.74, 6) is 0.444. The monoisotopic (exact) mass is 378 g/mol. The Morgan fingerprint density at radius 3 is 2.64 bits per heavy atom. The van der Waals surface area contributed by atoms with E-state index < -0.39 is 6.04 Å². The van der Waals surface area contributed by atoms with Gasteiger partial charge in [0.25, 0.3) is 5.91 Å². The largest absolute Gasteiger partial charge is 0.497 e. The molecule has 4 rings (SSSR count). The van der Waals surface area contributed by atoms with Gasteiger partial charge in [0, 0.05) is 13.0 Å². The summed E-state index contributed by atoms with van der Waals surface area (Å²) in [6.07, 6.45) is 2.00. The SMILES string of the molecule is C=CCOC1CC2C(=O)Nc3ccc(-c4ccc(OC)cc4)cc3C(=O)N2C1. The highest BCUT2D eigenvalue weighted by molar-refractivity contribution is 6.10. The normalized spacial score (nSPS) is 20.8. The van der Waals surface area contributed by atoms with Crippen LogP contribution in [0.25, 0.3) is 11.1 Å².